The molecule has 1 aliphatic rings. The quantitative estimate of drug-likeness (QED) is 0.676. The second kappa shape index (κ2) is 3.19. The summed E-state index contributed by atoms with van der Waals surface area (Å²) in [6.07, 6.45) is 1.10. The van der Waals surface area contributed by atoms with Crippen LogP contribution in [0.5, 0.6) is 0 Å². The third-order valence-corrected chi connectivity index (χ3v) is 3.00. The minimum Gasteiger partial charge on any atom is -0.338 e. The summed E-state index contributed by atoms with van der Waals surface area (Å²) in [5.41, 5.74) is 0.578. The van der Waals surface area contributed by atoms with Crippen LogP contribution in [0.15, 0.2) is 11.4 Å². The van der Waals surface area contributed by atoms with Crippen molar-refractivity contribution in [3.63, 3.8) is 0 Å². The minimum atomic E-state index is 0.0674. The Morgan fingerprint density at radius 2 is 2.38 bits per heavy atom. The van der Waals surface area contributed by atoms with Crippen LogP contribution in [0.2, 0.25) is 0 Å². The standard InChI is InChI=1S/C9H8N2OS/c10-5-7-4-8(13-6-7)9(12)11-2-1-3-11/h4,6H,1-3H2. The molecular weight excluding hydrogens is 184 g/mol. The maximum atomic E-state index is 11.6. The Labute approximate surface area is 80.2 Å². The number of hydrogen-bond acceptors (Lipinski definition) is 3. The number of carbonyl (C=O) groups excluding carboxylic acids is 1. The second-order valence-electron chi connectivity index (χ2n) is 2.96. The Morgan fingerprint density at radius 1 is 1.62 bits per heavy atom. The number of nitriles is 1. The largest absolute Gasteiger partial charge is 0.338 e. The van der Waals surface area contributed by atoms with Crippen molar-refractivity contribution >= 4 is 17.2 Å². The van der Waals surface area contributed by atoms with Gasteiger partial charge in [0.25, 0.3) is 5.91 Å². The molecule has 1 saturated heterocycles. The van der Waals surface area contributed by atoms with Crippen molar-refractivity contribution in [2.45, 2.75) is 6.42 Å². The SMILES string of the molecule is N#Cc1csc(C(=O)N2CCC2)c1. The van der Waals surface area contributed by atoms with E-state index in [2.05, 4.69) is 0 Å². The van der Waals surface area contributed by atoms with Crippen LogP contribution in [-0.4, -0.2) is 23.9 Å². The van der Waals surface area contributed by atoms with Gasteiger partial charge in [-0.3, -0.25) is 4.79 Å². The molecule has 2 heterocycles. The predicted molar refractivity (Wildman–Crippen MR) is 49.6 cm³/mol. The maximum absolute atomic E-state index is 11.6. The van der Waals surface area contributed by atoms with Gasteiger partial charge in [-0.25, -0.2) is 0 Å². The summed E-state index contributed by atoms with van der Waals surface area (Å²) >= 11 is 1.35. The Morgan fingerprint density at radius 3 is 2.85 bits per heavy atom. The Kier molecular flexibility index (Phi) is 2.03. The molecule has 0 saturated carbocycles. The first-order chi connectivity index (χ1) is 6.31. The molecule has 0 unspecified atom stereocenters. The van der Waals surface area contributed by atoms with E-state index in [9.17, 15) is 4.79 Å². The third kappa shape index (κ3) is 1.43. The van der Waals surface area contributed by atoms with Crippen LogP contribution in [-0.2, 0) is 0 Å². The molecule has 2 rings (SSSR count). The fourth-order valence-electron chi connectivity index (χ4n) is 1.18. The van der Waals surface area contributed by atoms with Crippen LogP contribution >= 0.6 is 11.3 Å². The van der Waals surface area contributed by atoms with Crippen LogP contribution in [0.25, 0.3) is 0 Å². The topological polar surface area (TPSA) is 44.1 Å². The molecule has 0 radical (unpaired) electrons. The number of nitrogens with zero attached hydrogens (tertiary/aromatic N) is 2. The maximum Gasteiger partial charge on any atom is 0.263 e. The summed E-state index contributed by atoms with van der Waals surface area (Å²) < 4.78 is 0. The summed E-state index contributed by atoms with van der Waals surface area (Å²) in [5, 5.41) is 10.3. The van der Waals surface area contributed by atoms with Gasteiger partial charge in [0.05, 0.1) is 10.4 Å². The summed E-state index contributed by atoms with van der Waals surface area (Å²) in [6.45, 7) is 1.72. The molecule has 1 aliphatic heterocycles. The zero-order valence-corrected chi connectivity index (χ0v) is 7.80. The molecule has 1 aromatic rings. The highest BCUT2D eigenvalue weighted by Crippen LogP contribution is 2.18. The molecule has 0 N–H and O–H groups in total. The van der Waals surface area contributed by atoms with Crippen molar-refractivity contribution in [1.29, 1.82) is 5.26 Å². The average Bonchev–Trinajstić information content (AvgIpc) is 2.48. The summed E-state index contributed by atoms with van der Waals surface area (Å²) in [6, 6.07) is 3.67. The highest BCUT2D eigenvalue weighted by Gasteiger charge is 2.22. The molecule has 0 spiro atoms. The molecule has 0 aromatic carbocycles. The van der Waals surface area contributed by atoms with E-state index >= 15 is 0 Å². The fraction of sp³-hybridized carbons (Fsp3) is 0.333. The average molecular weight is 192 g/mol. The van der Waals surface area contributed by atoms with Crippen LogP contribution in [0.4, 0.5) is 0 Å². The normalized spacial score (nSPS) is 14.8. The van der Waals surface area contributed by atoms with Crippen molar-refractivity contribution in [3.05, 3.63) is 21.9 Å². The van der Waals surface area contributed by atoms with Crippen LogP contribution < -0.4 is 0 Å². The van der Waals surface area contributed by atoms with Gasteiger partial charge < -0.3 is 4.90 Å². The molecule has 1 aromatic heterocycles. The van der Waals surface area contributed by atoms with E-state index in [1.807, 2.05) is 6.07 Å². The Hall–Kier alpha value is -1.34. The molecule has 3 nitrogen and oxygen atoms in total. The molecule has 1 fully saturated rings. The smallest absolute Gasteiger partial charge is 0.263 e. The molecular formula is C9H8N2OS. The van der Waals surface area contributed by atoms with Crippen LogP contribution in [0.3, 0.4) is 0 Å². The first-order valence-corrected chi connectivity index (χ1v) is 4.97. The van der Waals surface area contributed by atoms with Crippen molar-refractivity contribution in [1.82, 2.24) is 4.90 Å². The number of amides is 1. The monoisotopic (exact) mass is 192 g/mol. The van der Waals surface area contributed by atoms with Crippen molar-refractivity contribution in [3.8, 4) is 6.07 Å². The zero-order valence-electron chi connectivity index (χ0n) is 6.99. The molecule has 4 heteroatoms. The second-order valence-corrected chi connectivity index (χ2v) is 3.87. The molecule has 1 amide bonds. The van der Waals surface area contributed by atoms with Gasteiger partial charge in [0.2, 0.25) is 0 Å². The Balaban J connectivity index is 2.16. The van der Waals surface area contributed by atoms with Crippen molar-refractivity contribution in [2.24, 2.45) is 0 Å². The molecule has 66 valence electrons. The number of likely N-dealkylation sites (tertiary alicyclic amines) is 1. The minimum absolute atomic E-state index is 0.0674. The lowest BCUT2D eigenvalue weighted by atomic mass is 10.2. The van der Waals surface area contributed by atoms with Crippen LogP contribution in [0, 0.1) is 11.3 Å². The summed E-state index contributed by atoms with van der Waals surface area (Å²) in [7, 11) is 0. The first kappa shape index (κ1) is 8.27. The highest BCUT2D eigenvalue weighted by atomic mass is 32.1. The van der Waals surface area contributed by atoms with Gasteiger partial charge in [-0.05, 0) is 12.5 Å². The number of hydrogen-bond donors (Lipinski definition) is 0. The molecule has 0 atom stereocenters. The van der Waals surface area contributed by atoms with E-state index < -0.39 is 0 Å². The predicted octanol–water partition coefficient (Wildman–Crippen LogP) is 1.47. The third-order valence-electron chi connectivity index (χ3n) is 2.08. The first-order valence-electron chi connectivity index (χ1n) is 4.09. The lowest BCUT2D eigenvalue weighted by Crippen LogP contribution is -2.41. The van der Waals surface area contributed by atoms with Gasteiger partial charge in [0.15, 0.2) is 0 Å². The molecule has 13 heavy (non-hydrogen) atoms. The number of rotatable bonds is 1. The van der Waals surface area contributed by atoms with E-state index in [0.717, 1.165) is 19.5 Å². The van der Waals surface area contributed by atoms with E-state index in [1.165, 1.54) is 11.3 Å². The van der Waals surface area contributed by atoms with Gasteiger partial charge in [0.1, 0.15) is 6.07 Å². The van der Waals surface area contributed by atoms with E-state index in [-0.39, 0.29) is 5.91 Å². The van der Waals surface area contributed by atoms with Crippen LogP contribution in [0.1, 0.15) is 21.7 Å². The van der Waals surface area contributed by atoms with Gasteiger partial charge >= 0.3 is 0 Å². The zero-order chi connectivity index (χ0) is 9.26. The Bertz CT molecular complexity index is 373. The molecule has 0 bridgehead atoms. The fourth-order valence-corrected chi connectivity index (χ4v) is 1.98. The molecule has 0 aliphatic carbocycles. The van der Waals surface area contributed by atoms with E-state index in [0.29, 0.717) is 10.4 Å². The van der Waals surface area contributed by atoms with Gasteiger partial charge in [-0.1, -0.05) is 0 Å². The summed E-state index contributed by atoms with van der Waals surface area (Å²) in [4.78, 5) is 14.1. The van der Waals surface area contributed by atoms with E-state index in [4.69, 9.17) is 5.26 Å². The lowest BCUT2D eigenvalue weighted by molar-refractivity contribution is 0.0657. The summed E-state index contributed by atoms with van der Waals surface area (Å²) in [5.74, 6) is 0.0674. The van der Waals surface area contributed by atoms with Gasteiger partial charge in [-0.15, -0.1) is 11.3 Å². The highest BCUT2D eigenvalue weighted by molar-refractivity contribution is 7.12. The lowest BCUT2D eigenvalue weighted by Gasteiger charge is -2.30. The van der Waals surface area contributed by atoms with Gasteiger partial charge in [0, 0.05) is 18.5 Å². The van der Waals surface area contributed by atoms with Gasteiger partial charge in [-0.2, -0.15) is 5.26 Å². The van der Waals surface area contributed by atoms with Crippen molar-refractivity contribution in [2.75, 3.05) is 13.1 Å². The van der Waals surface area contributed by atoms with E-state index in [1.54, 1.807) is 16.3 Å². The number of thiophene rings is 1. The van der Waals surface area contributed by atoms with Crippen molar-refractivity contribution < 1.29 is 4.79 Å². The number of carbonyl (C=O) groups is 1.